The van der Waals surface area contributed by atoms with E-state index >= 15 is 0 Å². The number of amides is 2. The predicted octanol–water partition coefficient (Wildman–Crippen LogP) is 3.04. The van der Waals surface area contributed by atoms with Gasteiger partial charge in [0.25, 0.3) is 5.91 Å². The van der Waals surface area contributed by atoms with Crippen LogP contribution in [0.4, 0.5) is 0 Å². The van der Waals surface area contributed by atoms with E-state index in [0.717, 1.165) is 75.9 Å². The van der Waals surface area contributed by atoms with E-state index in [-0.39, 0.29) is 17.9 Å². The SMILES string of the molecule is CC(=O)N1CCN(CCN2[C@@H]3CC[C@H]2C[C@@H](NC(=O)c2nn(C4CCCC4)c4ccccc24)C3)CC1. The van der Waals surface area contributed by atoms with Gasteiger partial charge in [0.15, 0.2) is 5.69 Å². The first-order valence-electron chi connectivity index (χ1n) is 14.1. The number of fused-ring (bicyclic) bond motifs is 3. The van der Waals surface area contributed by atoms with Crippen LogP contribution in [-0.2, 0) is 4.79 Å². The molecule has 3 aliphatic heterocycles. The van der Waals surface area contributed by atoms with Crippen LogP contribution in [0.15, 0.2) is 24.3 Å². The van der Waals surface area contributed by atoms with Gasteiger partial charge in [-0.25, -0.2) is 0 Å². The minimum absolute atomic E-state index is 0.0101. The van der Waals surface area contributed by atoms with Gasteiger partial charge >= 0.3 is 0 Å². The van der Waals surface area contributed by atoms with E-state index in [2.05, 4.69) is 25.9 Å². The molecule has 0 spiro atoms. The van der Waals surface area contributed by atoms with E-state index < -0.39 is 0 Å². The van der Waals surface area contributed by atoms with Crippen molar-refractivity contribution >= 4 is 22.7 Å². The summed E-state index contributed by atoms with van der Waals surface area (Å²) in [5.74, 6) is 0.180. The molecule has 2 amide bonds. The average Bonchev–Trinajstić information content (AvgIpc) is 3.60. The fourth-order valence-corrected chi connectivity index (χ4v) is 7.24. The van der Waals surface area contributed by atoms with Gasteiger partial charge in [-0.1, -0.05) is 31.0 Å². The van der Waals surface area contributed by atoms with E-state index in [1.165, 1.54) is 25.7 Å². The first-order chi connectivity index (χ1) is 17.6. The van der Waals surface area contributed by atoms with E-state index in [4.69, 9.17) is 5.10 Å². The molecule has 36 heavy (non-hydrogen) atoms. The molecule has 4 heterocycles. The van der Waals surface area contributed by atoms with Crippen LogP contribution in [0, 0.1) is 0 Å². The third-order valence-electron chi connectivity index (χ3n) is 9.21. The summed E-state index contributed by atoms with van der Waals surface area (Å²) < 4.78 is 2.12. The van der Waals surface area contributed by atoms with E-state index in [1.54, 1.807) is 6.92 Å². The van der Waals surface area contributed by atoms with Crippen LogP contribution in [-0.4, -0.2) is 93.7 Å². The molecule has 1 aromatic carbocycles. The quantitative estimate of drug-likeness (QED) is 0.671. The minimum Gasteiger partial charge on any atom is -0.348 e. The zero-order chi connectivity index (χ0) is 24.6. The standard InChI is InChI=1S/C28H40N6O2/c1-20(35)32-15-12-31(13-16-32)14-17-33-23-10-11-24(33)19-21(18-23)29-28(36)27-25-8-4-5-9-26(25)34(30-27)22-6-2-3-7-22/h4-5,8-9,21-24H,2-3,6-7,10-19H2,1H3,(H,29,36)/t21-,23+,24-. The molecule has 1 aliphatic carbocycles. The van der Waals surface area contributed by atoms with Crippen LogP contribution in [0.3, 0.4) is 0 Å². The van der Waals surface area contributed by atoms with Crippen LogP contribution in [0.2, 0.25) is 0 Å². The molecule has 8 nitrogen and oxygen atoms in total. The highest BCUT2D eigenvalue weighted by Gasteiger charge is 2.41. The molecule has 1 saturated carbocycles. The molecule has 0 unspecified atom stereocenters. The third-order valence-corrected chi connectivity index (χ3v) is 9.21. The van der Waals surface area contributed by atoms with Crippen LogP contribution >= 0.6 is 0 Å². The van der Waals surface area contributed by atoms with Crippen LogP contribution in [0.1, 0.15) is 74.8 Å². The van der Waals surface area contributed by atoms with Crippen molar-refractivity contribution in [1.29, 1.82) is 0 Å². The summed E-state index contributed by atoms with van der Waals surface area (Å²) in [5, 5.41) is 9.23. The Balaban J connectivity index is 1.06. The van der Waals surface area contributed by atoms with Crippen molar-refractivity contribution in [3.63, 3.8) is 0 Å². The maximum Gasteiger partial charge on any atom is 0.272 e. The molecule has 1 aromatic heterocycles. The lowest BCUT2D eigenvalue weighted by Crippen LogP contribution is -2.54. The fraction of sp³-hybridized carbons (Fsp3) is 0.679. The Morgan fingerprint density at radius 2 is 1.61 bits per heavy atom. The number of hydrogen-bond acceptors (Lipinski definition) is 5. The summed E-state index contributed by atoms with van der Waals surface area (Å²) in [6, 6.07) is 9.97. The van der Waals surface area contributed by atoms with Gasteiger partial charge in [-0.2, -0.15) is 5.10 Å². The van der Waals surface area contributed by atoms with Crippen LogP contribution < -0.4 is 5.32 Å². The second-order valence-electron chi connectivity index (χ2n) is 11.4. The number of nitrogens with zero attached hydrogens (tertiary/aromatic N) is 5. The van der Waals surface area contributed by atoms with Crippen LogP contribution in [0.5, 0.6) is 0 Å². The Hall–Kier alpha value is -2.45. The maximum atomic E-state index is 13.4. The van der Waals surface area contributed by atoms with E-state index in [0.29, 0.717) is 23.8 Å². The second kappa shape index (κ2) is 10.1. The number of piperidine rings is 1. The normalized spacial score (nSPS) is 27.7. The van der Waals surface area contributed by atoms with Gasteiger partial charge < -0.3 is 10.2 Å². The monoisotopic (exact) mass is 492 g/mol. The molecule has 0 radical (unpaired) electrons. The van der Waals surface area contributed by atoms with Gasteiger partial charge in [-0.3, -0.25) is 24.1 Å². The highest BCUT2D eigenvalue weighted by atomic mass is 16.2. The van der Waals surface area contributed by atoms with E-state index in [9.17, 15) is 9.59 Å². The van der Waals surface area contributed by atoms with Crippen molar-refractivity contribution in [3.05, 3.63) is 30.0 Å². The van der Waals surface area contributed by atoms with Crippen molar-refractivity contribution < 1.29 is 9.59 Å². The molecule has 8 heteroatoms. The van der Waals surface area contributed by atoms with Crippen molar-refractivity contribution in [3.8, 4) is 0 Å². The number of benzene rings is 1. The highest BCUT2D eigenvalue weighted by Crippen LogP contribution is 2.36. The summed E-state index contributed by atoms with van der Waals surface area (Å²) >= 11 is 0. The zero-order valence-corrected chi connectivity index (χ0v) is 21.6. The zero-order valence-electron chi connectivity index (χ0n) is 21.6. The van der Waals surface area contributed by atoms with E-state index in [1.807, 2.05) is 23.1 Å². The number of hydrogen-bond donors (Lipinski definition) is 1. The summed E-state index contributed by atoms with van der Waals surface area (Å²) in [4.78, 5) is 32.2. The Morgan fingerprint density at radius 1 is 0.917 bits per heavy atom. The number of piperazine rings is 1. The van der Waals surface area contributed by atoms with Gasteiger partial charge in [0, 0.05) is 69.7 Å². The number of nitrogens with one attached hydrogen (secondary N) is 1. The molecule has 2 bridgehead atoms. The van der Waals surface area contributed by atoms with Gasteiger partial charge in [0.1, 0.15) is 0 Å². The first-order valence-corrected chi connectivity index (χ1v) is 14.1. The lowest BCUT2D eigenvalue weighted by Gasteiger charge is -2.41. The first kappa shape index (κ1) is 23.9. The Morgan fingerprint density at radius 3 is 2.31 bits per heavy atom. The topological polar surface area (TPSA) is 73.7 Å². The summed E-state index contributed by atoms with van der Waals surface area (Å²) in [6.45, 7) is 7.47. The summed E-state index contributed by atoms with van der Waals surface area (Å²) in [7, 11) is 0. The molecular weight excluding hydrogens is 452 g/mol. The fourth-order valence-electron chi connectivity index (χ4n) is 7.24. The average molecular weight is 493 g/mol. The number of rotatable bonds is 6. The number of carbonyl (C=O) groups is 2. The second-order valence-corrected chi connectivity index (χ2v) is 11.4. The molecule has 3 saturated heterocycles. The van der Waals surface area contributed by atoms with Gasteiger partial charge in [-0.15, -0.1) is 0 Å². The number of carbonyl (C=O) groups excluding carboxylic acids is 2. The number of para-hydroxylation sites is 1. The van der Waals surface area contributed by atoms with Gasteiger partial charge in [0.05, 0.1) is 11.6 Å². The van der Waals surface area contributed by atoms with Gasteiger partial charge in [-0.05, 0) is 44.6 Å². The maximum absolute atomic E-state index is 13.4. The molecule has 3 atom stereocenters. The Kier molecular flexibility index (Phi) is 6.73. The lowest BCUT2D eigenvalue weighted by atomic mass is 9.97. The molecule has 4 fully saturated rings. The largest absolute Gasteiger partial charge is 0.348 e. The lowest BCUT2D eigenvalue weighted by molar-refractivity contribution is -0.130. The third kappa shape index (κ3) is 4.65. The van der Waals surface area contributed by atoms with Gasteiger partial charge in [0.2, 0.25) is 5.91 Å². The summed E-state index contributed by atoms with van der Waals surface area (Å²) in [5.41, 5.74) is 1.69. The molecule has 6 rings (SSSR count). The molecule has 2 aromatic rings. The smallest absolute Gasteiger partial charge is 0.272 e. The van der Waals surface area contributed by atoms with Crippen molar-refractivity contribution in [2.24, 2.45) is 0 Å². The molecule has 1 N–H and O–H groups in total. The summed E-state index contributed by atoms with van der Waals surface area (Å²) in [6.07, 6.45) is 9.32. The Bertz CT molecular complexity index is 1090. The van der Waals surface area contributed by atoms with Crippen molar-refractivity contribution in [2.45, 2.75) is 82.5 Å². The molecule has 194 valence electrons. The predicted molar refractivity (Wildman–Crippen MR) is 140 cm³/mol. The van der Waals surface area contributed by atoms with Crippen LogP contribution in [0.25, 0.3) is 10.9 Å². The Labute approximate surface area is 214 Å². The minimum atomic E-state index is -0.0101. The number of aromatic nitrogens is 2. The molecule has 4 aliphatic rings. The van der Waals surface area contributed by atoms with Crippen molar-refractivity contribution in [1.82, 2.24) is 29.8 Å². The van der Waals surface area contributed by atoms with Crippen molar-refractivity contribution in [2.75, 3.05) is 39.3 Å². The highest BCUT2D eigenvalue weighted by molar-refractivity contribution is 6.05. The molecular formula is C28H40N6O2.